The van der Waals surface area contributed by atoms with Crippen molar-refractivity contribution in [3.63, 3.8) is 0 Å². The maximum absolute atomic E-state index is 12.7. The first-order chi connectivity index (χ1) is 11.1. The zero-order chi connectivity index (χ0) is 16.4. The summed E-state index contributed by atoms with van der Waals surface area (Å²) in [6, 6.07) is 7.72. The number of rotatable bonds is 3. The van der Waals surface area contributed by atoms with Crippen molar-refractivity contribution in [1.82, 2.24) is 14.7 Å². The Balaban J connectivity index is 1.91. The summed E-state index contributed by atoms with van der Waals surface area (Å²) in [5.74, 6) is 0.000770. The van der Waals surface area contributed by atoms with E-state index in [2.05, 4.69) is 12.0 Å². The van der Waals surface area contributed by atoms with Crippen molar-refractivity contribution in [2.24, 2.45) is 0 Å². The van der Waals surface area contributed by atoms with E-state index >= 15 is 0 Å². The molecule has 0 aliphatic carbocycles. The Bertz CT molecular complexity index is 781. The Morgan fingerprint density at radius 2 is 2.00 bits per heavy atom. The van der Waals surface area contributed by atoms with E-state index in [-0.39, 0.29) is 18.0 Å². The molecule has 0 saturated carbocycles. The third-order valence-corrected chi connectivity index (χ3v) is 4.76. The molecular formula is C18H23N3O2. The van der Waals surface area contributed by atoms with Gasteiger partial charge in [0.25, 0.3) is 5.56 Å². The molecule has 2 heterocycles. The lowest BCUT2D eigenvalue weighted by Gasteiger charge is -2.35. The number of fused-ring (bicyclic) bond motifs is 1. The monoisotopic (exact) mass is 313 g/mol. The van der Waals surface area contributed by atoms with Crippen LogP contribution in [0.1, 0.15) is 38.3 Å². The van der Waals surface area contributed by atoms with Crippen LogP contribution in [0.25, 0.3) is 10.8 Å². The van der Waals surface area contributed by atoms with Gasteiger partial charge in [-0.05, 0) is 38.7 Å². The summed E-state index contributed by atoms with van der Waals surface area (Å²) in [5, 5.41) is 5.82. The number of piperidine rings is 1. The van der Waals surface area contributed by atoms with Crippen molar-refractivity contribution in [1.29, 1.82) is 0 Å². The largest absolute Gasteiger partial charge is 0.338 e. The van der Waals surface area contributed by atoms with Crippen molar-refractivity contribution in [3.8, 4) is 0 Å². The normalized spacial score (nSPS) is 18.3. The lowest BCUT2D eigenvalue weighted by molar-refractivity contribution is -0.135. The molecule has 1 aliphatic heterocycles. The van der Waals surface area contributed by atoms with Gasteiger partial charge in [-0.25, -0.2) is 4.68 Å². The fourth-order valence-electron chi connectivity index (χ4n) is 3.48. The first kappa shape index (κ1) is 15.7. The quantitative estimate of drug-likeness (QED) is 0.875. The van der Waals surface area contributed by atoms with Gasteiger partial charge in [-0.1, -0.05) is 25.1 Å². The van der Waals surface area contributed by atoms with Crippen LogP contribution >= 0.6 is 0 Å². The van der Waals surface area contributed by atoms with Crippen molar-refractivity contribution < 1.29 is 4.79 Å². The van der Waals surface area contributed by atoms with Crippen molar-refractivity contribution >= 4 is 16.7 Å². The van der Waals surface area contributed by atoms with Crippen LogP contribution in [0, 0.1) is 6.92 Å². The minimum Gasteiger partial charge on any atom is -0.338 e. The zero-order valence-electron chi connectivity index (χ0n) is 13.8. The summed E-state index contributed by atoms with van der Waals surface area (Å²) in [6.07, 6.45) is 4.24. The Hall–Kier alpha value is -2.17. The number of benzene rings is 1. The van der Waals surface area contributed by atoms with E-state index in [0.29, 0.717) is 11.4 Å². The fraction of sp³-hybridized carbons (Fsp3) is 0.500. The van der Waals surface area contributed by atoms with Crippen LogP contribution in [-0.4, -0.2) is 33.2 Å². The molecule has 1 aliphatic rings. The topological polar surface area (TPSA) is 55.2 Å². The number of hydrogen-bond acceptors (Lipinski definition) is 3. The molecule has 0 bridgehead atoms. The van der Waals surface area contributed by atoms with E-state index in [0.717, 1.165) is 36.9 Å². The second-order valence-electron chi connectivity index (χ2n) is 6.24. The van der Waals surface area contributed by atoms with E-state index in [1.54, 1.807) is 6.07 Å². The van der Waals surface area contributed by atoms with Gasteiger partial charge in [0, 0.05) is 18.0 Å². The van der Waals surface area contributed by atoms with Gasteiger partial charge in [-0.3, -0.25) is 9.59 Å². The third kappa shape index (κ3) is 3.00. The maximum atomic E-state index is 12.7. The van der Waals surface area contributed by atoms with Gasteiger partial charge in [0.15, 0.2) is 0 Å². The predicted octanol–water partition coefficient (Wildman–Crippen LogP) is 2.50. The summed E-state index contributed by atoms with van der Waals surface area (Å²) < 4.78 is 1.32. The summed E-state index contributed by atoms with van der Waals surface area (Å²) in [6.45, 7) is 4.80. The van der Waals surface area contributed by atoms with Crippen LogP contribution < -0.4 is 5.56 Å². The first-order valence-corrected chi connectivity index (χ1v) is 8.37. The summed E-state index contributed by atoms with van der Waals surface area (Å²) in [4.78, 5) is 27.2. The summed E-state index contributed by atoms with van der Waals surface area (Å²) >= 11 is 0. The standard InChI is InChI=1S/C18H23N3O2/c1-3-14-8-6-7-11-20(14)17(22)12-21-18(23)16-10-5-4-9-15(16)13(2)19-21/h4-5,9-10,14H,3,6-8,11-12H2,1-2H3. The summed E-state index contributed by atoms with van der Waals surface area (Å²) in [5.41, 5.74) is 0.586. The van der Waals surface area contributed by atoms with Crippen molar-refractivity contribution in [2.75, 3.05) is 6.54 Å². The number of aryl methyl sites for hydroxylation is 1. The van der Waals surface area contributed by atoms with Gasteiger partial charge in [-0.2, -0.15) is 5.10 Å². The number of aromatic nitrogens is 2. The number of nitrogens with zero attached hydrogens (tertiary/aromatic N) is 3. The highest BCUT2D eigenvalue weighted by Gasteiger charge is 2.25. The van der Waals surface area contributed by atoms with Gasteiger partial charge < -0.3 is 4.90 Å². The Kier molecular flexibility index (Phi) is 4.46. The second kappa shape index (κ2) is 6.52. The van der Waals surface area contributed by atoms with Gasteiger partial charge in [0.1, 0.15) is 6.54 Å². The van der Waals surface area contributed by atoms with Crippen LogP contribution in [0.5, 0.6) is 0 Å². The lowest BCUT2D eigenvalue weighted by atomic mass is 10.00. The second-order valence-corrected chi connectivity index (χ2v) is 6.24. The number of carbonyl (C=O) groups is 1. The molecule has 122 valence electrons. The van der Waals surface area contributed by atoms with E-state index in [1.807, 2.05) is 30.0 Å². The highest BCUT2D eigenvalue weighted by Crippen LogP contribution is 2.20. The third-order valence-electron chi connectivity index (χ3n) is 4.76. The molecule has 1 aromatic carbocycles. The van der Waals surface area contributed by atoms with E-state index in [4.69, 9.17) is 0 Å². The number of amides is 1. The molecule has 0 N–H and O–H groups in total. The Morgan fingerprint density at radius 3 is 2.74 bits per heavy atom. The molecule has 1 atom stereocenters. The first-order valence-electron chi connectivity index (χ1n) is 8.37. The molecule has 0 radical (unpaired) electrons. The minimum absolute atomic E-state index is 0.000770. The predicted molar refractivity (Wildman–Crippen MR) is 90.4 cm³/mol. The molecule has 3 rings (SSSR count). The molecule has 1 fully saturated rings. The highest BCUT2D eigenvalue weighted by molar-refractivity contribution is 5.83. The molecule has 5 heteroatoms. The molecular weight excluding hydrogens is 290 g/mol. The number of likely N-dealkylation sites (tertiary alicyclic amines) is 1. The molecule has 1 unspecified atom stereocenters. The van der Waals surface area contributed by atoms with Gasteiger partial charge >= 0.3 is 0 Å². The summed E-state index contributed by atoms with van der Waals surface area (Å²) in [7, 11) is 0. The van der Waals surface area contributed by atoms with Crippen LogP contribution in [-0.2, 0) is 11.3 Å². The van der Waals surface area contributed by atoms with Crippen LogP contribution in [0.4, 0.5) is 0 Å². The van der Waals surface area contributed by atoms with Crippen molar-refractivity contribution in [2.45, 2.75) is 52.1 Å². The number of hydrogen-bond donors (Lipinski definition) is 0. The van der Waals surface area contributed by atoms with E-state index < -0.39 is 0 Å². The highest BCUT2D eigenvalue weighted by atomic mass is 16.2. The average molecular weight is 313 g/mol. The van der Waals surface area contributed by atoms with Crippen LogP contribution in [0.15, 0.2) is 29.1 Å². The van der Waals surface area contributed by atoms with E-state index in [9.17, 15) is 9.59 Å². The molecule has 1 amide bonds. The van der Waals surface area contributed by atoms with Gasteiger partial charge in [0.05, 0.1) is 11.1 Å². The smallest absolute Gasteiger partial charge is 0.275 e. The van der Waals surface area contributed by atoms with Gasteiger partial charge in [-0.15, -0.1) is 0 Å². The zero-order valence-corrected chi connectivity index (χ0v) is 13.8. The fourth-order valence-corrected chi connectivity index (χ4v) is 3.48. The minimum atomic E-state index is -0.190. The van der Waals surface area contributed by atoms with Crippen LogP contribution in [0.2, 0.25) is 0 Å². The number of carbonyl (C=O) groups excluding carboxylic acids is 1. The molecule has 1 saturated heterocycles. The molecule has 2 aromatic rings. The maximum Gasteiger partial charge on any atom is 0.275 e. The Labute approximate surface area is 135 Å². The van der Waals surface area contributed by atoms with E-state index in [1.165, 1.54) is 11.1 Å². The molecule has 5 nitrogen and oxygen atoms in total. The average Bonchev–Trinajstić information content (AvgIpc) is 2.59. The van der Waals surface area contributed by atoms with Crippen LogP contribution in [0.3, 0.4) is 0 Å². The Morgan fingerprint density at radius 1 is 1.26 bits per heavy atom. The van der Waals surface area contributed by atoms with Gasteiger partial charge in [0.2, 0.25) is 5.91 Å². The SMILES string of the molecule is CCC1CCCCN1C(=O)Cn1nc(C)c2ccccc2c1=O. The van der Waals surface area contributed by atoms with Crippen molar-refractivity contribution in [3.05, 3.63) is 40.3 Å². The molecule has 0 spiro atoms. The molecule has 23 heavy (non-hydrogen) atoms. The molecule has 1 aromatic heterocycles. The lowest BCUT2D eigenvalue weighted by Crippen LogP contribution is -2.46.